The highest BCUT2D eigenvalue weighted by molar-refractivity contribution is 9.10. The molecule has 2 heterocycles. The van der Waals surface area contributed by atoms with E-state index in [9.17, 15) is 14.3 Å². The van der Waals surface area contributed by atoms with E-state index in [2.05, 4.69) is 31.2 Å². The van der Waals surface area contributed by atoms with Gasteiger partial charge in [0.25, 0.3) is 0 Å². The summed E-state index contributed by atoms with van der Waals surface area (Å²) in [4.78, 5) is 19.9. The van der Waals surface area contributed by atoms with Crippen molar-refractivity contribution >= 4 is 21.9 Å². The first-order valence-corrected chi connectivity index (χ1v) is 7.14. The summed E-state index contributed by atoms with van der Waals surface area (Å²) in [5, 5.41) is 12.4. The summed E-state index contributed by atoms with van der Waals surface area (Å²) < 4.78 is 14.1. The number of carboxylic acids is 1. The quantitative estimate of drug-likeness (QED) is 0.868. The molecule has 0 amide bonds. The van der Waals surface area contributed by atoms with Crippen molar-refractivity contribution in [2.45, 2.75) is 13.0 Å². The molecule has 0 atom stereocenters. The highest BCUT2D eigenvalue weighted by atomic mass is 79.9. The third-order valence-corrected chi connectivity index (χ3v) is 3.71. The van der Waals surface area contributed by atoms with Crippen LogP contribution in [0.1, 0.15) is 21.7 Å². The van der Waals surface area contributed by atoms with Gasteiger partial charge in [0.1, 0.15) is 5.82 Å². The molecule has 1 aliphatic rings. The molecular formula is C14H11BrFN3O2. The lowest BCUT2D eigenvalue weighted by molar-refractivity contribution is 0.0688. The zero-order chi connectivity index (χ0) is 15.0. The summed E-state index contributed by atoms with van der Waals surface area (Å²) >= 11 is 3.21. The molecule has 0 bridgehead atoms. The van der Waals surface area contributed by atoms with Gasteiger partial charge in [-0.15, -0.1) is 0 Å². The molecule has 3 rings (SSSR count). The smallest absolute Gasteiger partial charge is 0.354 e. The Hall–Kier alpha value is -1.86. The van der Waals surface area contributed by atoms with Crippen LogP contribution in [-0.2, 0) is 13.0 Å². The number of aromatic nitrogens is 2. The summed E-state index contributed by atoms with van der Waals surface area (Å²) in [6.45, 7) is 1.17. The molecular weight excluding hydrogens is 341 g/mol. The largest absolute Gasteiger partial charge is 0.476 e. The van der Waals surface area contributed by atoms with Crippen molar-refractivity contribution in [2.24, 2.45) is 0 Å². The second kappa shape index (κ2) is 5.50. The lowest BCUT2D eigenvalue weighted by Crippen LogP contribution is -2.28. The Kier molecular flexibility index (Phi) is 3.69. The van der Waals surface area contributed by atoms with Crippen LogP contribution >= 0.6 is 15.9 Å². The minimum atomic E-state index is -1.10. The van der Waals surface area contributed by atoms with Crippen molar-refractivity contribution in [3.8, 4) is 11.4 Å². The molecule has 0 fully saturated rings. The van der Waals surface area contributed by atoms with Gasteiger partial charge in [0.15, 0.2) is 11.5 Å². The van der Waals surface area contributed by atoms with Gasteiger partial charge in [-0.1, -0.05) is 15.9 Å². The second-order valence-corrected chi connectivity index (χ2v) is 5.63. The molecule has 2 N–H and O–H groups in total. The molecule has 1 aromatic heterocycles. The van der Waals surface area contributed by atoms with Gasteiger partial charge >= 0.3 is 5.97 Å². The van der Waals surface area contributed by atoms with Crippen LogP contribution < -0.4 is 5.32 Å². The van der Waals surface area contributed by atoms with Crippen LogP contribution in [0.15, 0.2) is 22.7 Å². The summed E-state index contributed by atoms with van der Waals surface area (Å²) in [5.41, 5.74) is 1.73. The van der Waals surface area contributed by atoms with Crippen LogP contribution in [0.5, 0.6) is 0 Å². The molecule has 0 aliphatic carbocycles. The van der Waals surface area contributed by atoms with Crippen molar-refractivity contribution in [3.05, 3.63) is 45.4 Å². The van der Waals surface area contributed by atoms with E-state index in [1.165, 1.54) is 12.1 Å². The molecule has 108 valence electrons. The van der Waals surface area contributed by atoms with Crippen LogP contribution in [0.3, 0.4) is 0 Å². The van der Waals surface area contributed by atoms with Gasteiger partial charge in [0.05, 0.1) is 5.69 Å². The first-order chi connectivity index (χ1) is 10.0. The lowest BCUT2D eigenvalue weighted by Gasteiger charge is -2.18. The van der Waals surface area contributed by atoms with Crippen LogP contribution in [0.4, 0.5) is 4.39 Å². The van der Waals surface area contributed by atoms with Crippen LogP contribution in [0, 0.1) is 5.82 Å². The number of rotatable bonds is 2. The summed E-state index contributed by atoms with van der Waals surface area (Å²) in [7, 11) is 0. The average Bonchev–Trinajstić information content (AvgIpc) is 2.45. The molecule has 2 aromatic rings. The van der Waals surface area contributed by atoms with Crippen molar-refractivity contribution in [3.63, 3.8) is 0 Å². The zero-order valence-corrected chi connectivity index (χ0v) is 12.4. The fraction of sp³-hybridized carbons (Fsp3) is 0.214. The van der Waals surface area contributed by atoms with Gasteiger partial charge in [-0.05, 0) is 18.2 Å². The number of benzene rings is 1. The van der Waals surface area contributed by atoms with Gasteiger partial charge in [0, 0.05) is 35.1 Å². The molecule has 0 saturated heterocycles. The minimum Gasteiger partial charge on any atom is -0.476 e. The Labute approximate surface area is 128 Å². The maximum absolute atomic E-state index is 13.5. The summed E-state index contributed by atoms with van der Waals surface area (Å²) in [5.74, 6) is -1.30. The lowest BCUT2D eigenvalue weighted by atomic mass is 10.0. The maximum atomic E-state index is 13.5. The monoisotopic (exact) mass is 351 g/mol. The summed E-state index contributed by atoms with van der Waals surface area (Å²) in [6, 6.07) is 4.28. The number of nitrogens with zero attached hydrogens (tertiary/aromatic N) is 2. The van der Waals surface area contributed by atoms with Crippen LogP contribution in [0.2, 0.25) is 0 Å². The molecule has 1 aliphatic heterocycles. The highest BCUT2D eigenvalue weighted by Crippen LogP contribution is 2.25. The van der Waals surface area contributed by atoms with Crippen molar-refractivity contribution in [1.82, 2.24) is 15.3 Å². The van der Waals surface area contributed by atoms with E-state index in [0.29, 0.717) is 34.3 Å². The number of fused-ring (bicyclic) bond motifs is 1. The zero-order valence-electron chi connectivity index (χ0n) is 10.9. The molecule has 0 radical (unpaired) electrons. The van der Waals surface area contributed by atoms with Gasteiger partial charge in [0.2, 0.25) is 0 Å². The van der Waals surface area contributed by atoms with Crippen molar-refractivity contribution < 1.29 is 14.3 Å². The number of hydrogen-bond acceptors (Lipinski definition) is 4. The van der Waals surface area contributed by atoms with E-state index in [4.69, 9.17) is 0 Å². The van der Waals surface area contributed by atoms with E-state index >= 15 is 0 Å². The fourth-order valence-electron chi connectivity index (χ4n) is 2.33. The fourth-order valence-corrected chi connectivity index (χ4v) is 2.80. The van der Waals surface area contributed by atoms with E-state index in [-0.39, 0.29) is 11.5 Å². The van der Waals surface area contributed by atoms with Crippen molar-refractivity contribution in [1.29, 1.82) is 0 Å². The molecule has 1 aromatic carbocycles. The Bertz CT molecular complexity index is 716. The number of aromatic carboxylic acids is 1. The Morgan fingerprint density at radius 3 is 2.86 bits per heavy atom. The van der Waals surface area contributed by atoms with Crippen molar-refractivity contribution in [2.75, 3.05) is 6.54 Å². The normalized spacial score (nSPS) is 13.8. The third kappa shape index (κ3) is 2.79. The number of hydrogen-bond donors (Lipinski definition) is 2. The molecule has 0 saturated carbocycles. The number of carbonyl (C=O) groups is 1. The molecule has 5 nitrogen and oxygen atoms in total. The minimum absolute atomic E-state index is 0.0254. The summed E-state index contributed by atoms with van der Waals surface area (Å²) in [6.07, 6.45) is 0.627. The topological polar surface area (TPSA) is 75.1 Å². The predicted molar refractivity (Wildman–Crippen MR) is 77.5 cm³/mol. The van der Waals surface area contributed by atoms with E-state index < -0.39 is 11.8 Å². The number of halogens is 2. The molecule has 7 heteroatoms. The Balaban J connectivity index is 2.19. The van der Waals surface area contributed by atoms with Gasteiger partial charge in [-0.25, -0.2) is 19.2 Å². The molecule has 21 heavy (non-hydrogen) atoms. The first kappa shape index (κ1) is 14.1. The van der Waals surface area contributed by atoms with Crippen LogP contribution in [-0.4, -0.2) is 27.6 Å². The Morgan fingerprint density at radius 1 is 1.33 bits per heavy atom. The third-order valence-electron chi connectivity index (χ3n) is 3.26. The van der Waals surface area contributed by atoms with Crippen LogP contribution in [0.25, 0.3) is 11.4 Å². The van der Waals surface area contributed by atoms with Gasteiger partial charge in [-0.3, -0.25) is 0 Å². The van der Waals surface area contributed by atoms with E-state index in [1.807, 2.05) is 0 Å². The van der Waals surface area contributed by atoms with Gasteiger partial charge < -0.3 is 10.4 Å². The van der Waals surface area contributed by atoms with E-state index in [1.54, 1.807) is 6.07 Å². The number of nitrogens with one attached hydrogen (secondary N) is 1. The molecule has 0 unspecified atom stereocenters. The second-order valence-electron chi connectivity index (χ2n) is 4.71. The average molecular weight is 352 g/mol. The predicted octanol–water partition coefficient (Wildman–Crippen LogP) is 2.39. The highest BCUT2D eigenvalue weighted by Gasteiger charge is 2.22. The van der Waals surface area contributed by atoms with Gasteiger partial charge in [-0.2, -0.15) is 0 Å². The molecule has 0 spiro atoms. The van der Waals surface area contributed by atoms with E-state index in [0.717, 1.165) is 6.54 Å². The maximum Gasteiger partial charge on any atom is 0.354 e. The number of carboxylic acid groups (broad SMARTS) is 1. The standard InChI is InChI=1S/C14H11BrFN3O2/c15-8-3-7(4-9(16)5-8)13-18-11-1-2-17-6-10(11)12(19-13)14(20)21/h3-5,17H,1-2,6H2,(H,20,21). The Morgan fingerprint density at radius 2 is 2.14 bits per heavy atom. The SMILES string of the molecule is O=C(O)c1nc(-c2cc(F)cc(Br)c2)nc2c1CNCC2. The first-order valence-electron chi connectivity index (χ1n) is 6.35.